The molecule has 0 aromatic heterocycles. The van der Waals surface area contributed by atoms with E-state index in [-0.39, 0.29) is 18.4 Å². The molecule has 136 valence electrons. The molecule has 1 heterocycles. The molecule has 5 nitrogen and oxygen atoms in total. The summed E-state index contributed by atoms with van der Waals surface area (Å²) in [5.74, 6) is 0.696. The highest BCUT2D eigenvalue weighted by atomic mass is 16.5. The summed E-state index contributed by atoms with van der Waals surface area (Å²) in [6.45, 7) is 6.71. The number of hydrogen-bond donors (Lipinski definition) is 1. The van der Waals surface area contributed by atoms with Gasteiger partial charge in [-0.05, 0) is 62.6 Å². The highest BCUT2D eigenvalue weighted by Crippen LogP contribution is 2.25. The van der Waals surface area contributed by atoms with Crippen LogP contribution in [0.3, 0.4) is 0 Å². The van der Waals surface area contributed by atoms with Crippen LogP contribution in [-0.2, 0) is 9.59 Å². The van der Waals surface area contributed by atoms with Crippen LogP contribution in [0.2, 0.25) is 0 Å². The number of amides is 2. The first-order chi connectivity index (χ1) is 12.4. The average Bonchev–Trinajstić information content (AvgIpc) is 3.00. The third kappa shape index (κ3) is 4.04. The molecule has 5 heteroatoms. The van der Waals surface area contributed by atoms with Crippen molar-refractivity contribution in [2.75, 3.05) is 23.4 Å². The molecule has 0 saturated carbocycles. The first-order valence-electron chi connectivity index (χ1n) is 8.85. The molecule has 0 aliphatic carbocycles. The monoisotopic (exact) mass is 352 g/mol. The van der Waals surface area contributed by atoms with Crippen LogP contribution in [0.25, 0.3) is 0 Å². The van der Waals surface area contributed by atoms with Crippen molar-refractivity contribution in [3.05, 3.63) is 53.1 Å². The number of benzene rings is 2. The number of nitrogens with one attached hydrogen (secondary N) is 1. The van der Waals surface area contributed by atoms with E-state index in [0.29, 0.717) is 12.1 Å². The first-order valence-corrected chi connectivity index (χ1v) is 8.85. The molecule has 2 aromatic carbocycles. The number of aryl methyl sites for hydroxylation is 3. The third-order valence-corrected chi connectivity index (χ3v) is 4.49. The van der Waals surface area contributed by atoms with Crippen LogP contribution >= 0.6 is 0 Å². The quantitative estimate of drug-likeness (QED) is 0.891. The third-order valence-electron chi connectivity index (χ3n) is 4.49. The molecule has 26 heavy (non-hydrogen) atoms. The van der Waals surface area contributed by atoms with Crippen molar-refractivity contribution in [1.82, 2.24) is 0 Å². The van der Waals surface area contributed by atoms with Crippen molar-refractivity contribution in [1.29, 1.82) is 0 Å². The van der Waals surface area contributed by atoms with Crippen LogP contribution in [0.5, 0.6) is 5.75 Å². The van der Waals surface area contributed by atoms with E-state index in [2.05, 4.69) is 5.32 Å². The molecule has 1 aliphatic heterocycles. The fourth-order valence-corrected chi connectivity index (χ4v) is 3.38. The molecule has 0 spiro atoms. The summed E-state index contributed by atoms with van der Waals surface area (Å²) >= 11 is 0. The van der Waals surface area contributed by atoms with E-state index in [0.717, 1.165) is 35.5 Å². The number of ether oxygens (including phenoxy) is 1. The molecule has 0 unspecified atom stereocenters. The Morgan fingerprint density at radius 1 is 1.12 bits per heavy atom. The summed E-state index contributed by atoms with van der Waals surface area (Å²) in [7, 11) is 0. The Kier molecular flexibility index (Phi) is 5.26. The SMILES string of the molecule is Cc1cc(C)c(OCC(=O)Nc2ccc(N3CCCC3=O)cc2)c(C)c1. The van der Waals surface area contributed by atoms with Gasteiger partial charge in [0.25, 0.3) is 5.91 Å². The largest absolute Gasteiger partial charge is 0.483 e. The van der Waals surface area contributed by atoms with Crippen LogP contribution in [0.1, 0.15) is 29.5 Å². The second-order valence-corrected chi connectivity index (χ2v) is 6.76. The minimum atomic E-state index is -0.214. The van der Waals surface area contributed by atoms with E-state index in [1.54, 1.807) is 17.0 Å². The smallest absolute Gasteiger partial charge is 0.262 e. The summed E-state index contributed by atoms with van der Waals surface area (Å²) in [5, 5.41) is 2.82. The predicted molar refractivity (Wildman–Crippen MR) is 103 cm³/mol. The van der Waals surface area contributed by atoms with Crippen molar-refractivity contribution in [3.8, 4) is 5.75 Å². The maximum atomic E-state index is 12.2. The van der Waals surface area contributed by atoms with Crippen molar-refractivity contribution in [2.45, 2.75) is 33.6 Å². The number of rotatable bonds is 5. The van der Waals surface area contributed by atoms with Gasteiger partial charge in [-0.15, -0.1) is 0 Å². The highest BCUT2D eigenvalue weighted by molar-refractivity contribution is 5.96. The molecule has 1 N–H and O–H groups in total. The normalized spacial score (nSPS) is 13.8. The van der Waals surface area contributed by atoms with E-state index in [9.17, 15) is 9.59 Å². The van der Waals surface area contributed by atoms with E-state index in [4.69, 9.17) is 4.74 Å². The Balaban J connectivity index is 1.58. The van der Waals surface area contributed by atoms with Crippen molar-refractivity contribution >= 4 is 23.2 Å². The molecule has 1 fully saturated rings. The summed E-state index contributed by atoms with van der Waals surface area (Å²) in [5.41, 5.74) is 4.78. The Morgan fingerprint density at radius 2 is 1.77 bits per heavy atom. The second kappa shape index (κ2) is 7.60. The van der Waals surface area contributed by atoms with Crippen LogP contribution in [0.15, 0.2) is 36.4 Å². The molecular formula is C21H24N2O3. The van der Waals surface area contributed by atoms with Gasteiger partial charge in [0.2, 0.25) is 5.91 Å². The molecule has 0 bridgehead atoms. The van der Waals surface area contributed by atoms with Crippen molar-refractivity contribution < 1.29 is 14.3 Å². The summed E-state index contributed by atoms with van der Waals surface area (Å²) < 4.78 is 5.71. The van der Waals surface area contributed by atoms with Crippen LogP contribution in [0.4, 0.5) is 11.4 Å². The Hall–Kier alpha value is -2.82. The second-order valence-electron chi connectivity index (χ2n) is 6.76. The topological polar surface area (TPSA) is 58.6 Å². The average molecular weight is 352 g/mol. The molecule has 3 rings (SSSR count). The number of nitrogens with zero attached hydrogens (tertiary/aromatic N) is 1. The van der Waals surface area contributed by atoms with Gasteiger partial charge < -0.3 is 15.0 Å². The lowest BCUT2D eigenvalue weighted by atomic mass is 10.1. The number of hydrogen-bond acceptors (Lipinski definition) is 3. The summed E-state index contributed by atoms with van der Waals surface area (Å²) in [6, 6.07) is 11.4. The number of anilines is 2. The van der Waals surface area contributed by atoms with Gasteiger partial charge in [0, 0.05) is 24.3 Å². The van der Waals surface area contributed by atoms with Gasteiger partial charge in [-0.25, -0.2) is 0 Å². The summed E-state index contributed by atoms with van der Waals surface area (Å²) in [4.78, 5) is 25.7. The Labute approximate surface area is 154 Å². The molecular weight excluding hydrogens is 328 g/mol. The molecule has 0 atom stereocenters. The molecule has 1 saturated heterocycles. The zero-order chi connectivity index (χ0) is 18.7. The van der Waals surface area contributed by atoms with Gasteiger partial charge >= 0.3 is 0 Å². The van der Waals surface area contributed by atoms with Crippen molar-refractivity contribution in [2.24, 2.45) is 0 Å². The molecule has 2 amide bonds. The van der Waals surface area contributed by atoms with E-state index in [1.807, 2.05) is 45.0 Å². The van der Waals surface area contributed by atoms with E-state index < -0.39 is 0 Å². The van der Waals surface area contributed by atoms with Gasteiger partial charge in [0.15, 0.2) is 6.61 Å². The maximum Gasteiger partial charge on any atom is 0.262 e. The maximum absolute atomic E-state index is 12.2. The van der Waals surface area contributed by atoms with Crippen LogP contribution in [0, 0.1) is 20.8 Å². The fraction of sp³-hybridized carbons (Fsp3) is 0.333. The van der Waals surface area contributed by atoms with Gasteiger partial charge in [-0.3, -0.25) is 9.59 Å². The number of carbonyl (C=O) groups excluding carboxylic acids is 2. The lowest BCUT2D eigenvalue weighted by Crippen LogP contribution is -2.23. The minimum Gasteiger partial charge on any atom is -0.483 e. The zero-order valence-electron chi connectivity index (χ0n) is 15.5. The predicted octanol–water partition coefficient (Wildman–Crippen LogP) is 3.76. The van der Waals surface area contributed by atoms with Gasteiger partial charge in [0.1, 0.15) is 5.75 Å². The van der Waals surface area contributed by atoms with Gasteiger partial charge in [0.05, 0.1) is 0 Å². The Morgan fingerprint density at radius 3 is 2.35 bits per heavy atom. The zero-order valence-corrected chi connectivity index (χ0v) is 15.5. The first kappa shape index (κ1) is 18.0. The van der Waals surface area contributed by atoms with Crippen molar-refractivity contribution in [3.63, 3.8) is 0 Å². The number of carbonyl (C=O) groups is 2. The fourth-order valence-electron chi connectivity index (χ4n) is 3.38. The standard InChI is InChI=1S/C21H24N2O3/c1-14-11-15(2)21(16(3)12-14)26-13-19(24)22-17-6-8-18(9-7-17)23-10-4-5-20(23)25/h6-9,11-12H,4-5,10,13H2,1-3H3,(H,22,24). The van der Waals surface area contributed by atoms with Gasteiger partial charge in [-0.1, -0.05) is 17.7 Å². The van der Waals surface area contributed by atoms with Crippen LogP contribution in [-0.4, -0.2) is 25.0 Å². The lowest BCUT2D eigenvalue weighted by molar-refractivity contribution is -0.118. The van der Waals surface area contributed by atoms with E-state index >= 15 is 0 Å². The minimum absolute atomic E-state index is 0.0445. The molecule has 0 radical (unpaired) electrons. The van der Waals surface area contributed by atoms with Gasteiger partial charge in [-0.2, -0.15) is 0 Å². The molecule has 2 aromatic rings. The molecule has 1 aliphatic rings. The lowest BCUT2D eigenvalue weighted by Gasteiger charge is -2.16. The van der Waals surface area contributed by atoms with E-state index in [1.165, 1.54) is 5.56 Å². The van der Waals surface area contributed by atoms with Crippen LogP contribution < -0.4 is 15.0 Å². The highest BCUT2D eigenvalue weighted by Gasteiger charge is 2.21. The summed E-state index contributed by atoms with van der Waals surface area (Å²) in [6.07, 6.45) is 1.50. The Bertz CT molecular complexity index is 805.